The molecule has 0 saturated carbocycles. The van der Waals surface area contributed by atoms with Gasteiger partial charge in [-0.05, 0) is 6.08 Å². The van der Waals surface area contributed by atoms with E-state index in [2.05, 4.69) is 35.2 Å². The molecule has 37 heavy (non-hydrogen) atoms. The van der Waals surface area contributed by atoms with E-state index in [1.165, 1.54) is 37.6 Å². The van der Waals surface area contributed by atoms with Gasteiger partial charge in [-0.15, -0.1) is 0 Å². The van der Waals surface area contributed by atoms with Crippen molar-refractivity contribution in [1.29, 1.82) is 0 Å². The molecule has 0 unspecified atom stereocenters. The first kappa shape index (κ1) is 20.8. The number of aromatic nitrogens is 6. The molecule has 14 heteroatoms. The van der Waals surface area contributed by atoms with Gasteiger partial charge in [-0.25, -0.2) is 24.9 Å². The number of amides is 1. The van der Waals surface area contributed by atoms with Crippen LogP contribution in [0.3, 0.4) is 0 Å². The molecular formula is C23H13N7O7. The number of allylic oxidation sites excluding steroid dienone is 1. The highest BCUT2D eigenvalue weighted by Crippen LogP contribution is 2.26. The summed E-state index contributed by atoms with van der Waals surface area (Å²) in [6, 6.07) is 0. The van der Waals surface area contributed by atoms with Crippen molar-refractivity contribution in [2.75, 3.05) is 0 Å². The maximum Gasteiger partial charge on any atom is 0.307 e. The van der Waals surface area contributed by atoms with Gasteiger partial charge in [0.25, 0.3) is 5.89 Å². The van der Waals surface area contributed by atoms with Gasteiger partial charge >= 0.3 is 5.91 Å². The van der Waals surface area contributed by atoms with E-state index in [-0.39, 0.29) is 41.7 Å². The molecule has 0 spiro atoms. The maximum atomic E-state index is 12.5. The molecule has 7 heterocycles. The van der Waals surface area contributed by atoms with E-state index < -0.39 is 5.91 Å². The topological polar surface area (TPSA) is 185 Å². The molecule has 1 aliphatic rings. The predicted octanol–water partition coefficient (Wildman–Crippen LogP) is 3.78. The van der Waals surface area contributed by atoms with E-state index in [9.17, 15) is 4.79 Å². The molecule has 1 amide bonds. The monoisotopic (exact) mass is 499 g/mol. The second-order valence-corrected chi connectivity index (χ2v) is 7.76. The Bertz CT molecular complexity index is 1760. The number of hydrogen-bond donors (Lipinski definition) is 1. The van der Waals surface area contributed by atoms with Gasteiger partial charge < -0.3 is 31.8 Å². The molecule has 0 aliphatic carbocycles. The van der Waals surface area contributed by atoms with Crippen LogP contribution < -0.4 is 5.32 Å². The zero-order valence-electron chi connectivity index (χ0n) is 18.6. The summed E-state index contributed by atoms with van der Waals surface area (Å²) < 4.78 is 32.8. The number of carbonyl (C=O) groups excluding carboxylic acids is 1. The van der Waals surface area contributed by atoms with E-state index in [1.807, 2.05) is 6.08 Å². The smallest absolute Gasteiger partial charge is 0.307 e. The van der Waals surface area contributed by atoms with E-state index in [0.717, 1.165) is 0 Å². The third-order valence-electron chi connectivity index (χ3n) is 5.23. The minimum Gasteiger partial charge on any atom is -0.444 e. The molecular weight excluding hydrogens is 486 g/mol. The molecule has 1 N–H and O–H groups in total. The van der Waals surface area contributed by atoms with Gasteiger partial charge in [-0.3, -0.25) is 4.79 Å². The molecule has 0 fully saturated rings. The first-order valence-electron chi connectivity index (χ1n) is 10.8. The quantitative estimate of drug-likeness (QED) is 0.318. The van der Waals surface area contributed by atoms with Gasteiger partial charge in [0.2, 0.25) is 29.5 Å². The summed E-state index contributed by atoms with van der Waals surface area (Å²) in [6.45, 7) is 0.0549. The molecule has 12 bridgehead atoms. The highest BCUT2D eigenvalue weighted by Gasteiger charge is 2.20. The SMILES string of the molecule is O=C1NCc2coc(n2)-c2coc(n2)-c2coc(n2)/C=C/Cc2coc(n2)-c2coc(n2)-c2coc1n2. The predicted molar refractivity (Wildman–Crippen MR) is 119 cm³/mol. The molecule has 6 aromatic rings. The Morgan fingerprint density at radius 1 is 0.568 bits per heavy atom. The van der Waals surface area contributed by atoms with Gasteiger partial charge in [0.05, 0.1) is 17.9 Å². The van der Waals surface area contributed by atoms with Crippen LogP contribution in [-0.2, 0) is 13.0 Å². The summed E-state index contributed by atoms with van der Waals surface area (Å²) >= 11 is 0. The number of hydrogen-bond acceptors (Lipinski definition) is 13. The fourth-order valence-electron chi connectivity index (χ4n) is 3.47. The molecule has 0 radical (unpaired) electrons. The standard InChI is InChI=1S/C23H13N7O7/c31-18-23-30-16(10-37-23)22-29-14(8-36-22)19-25-11(5-33-19)2-1-3-17-27-13(7-32-17)21-28-15(9-35-21)20-26-12(4-24-18)6-34-20/h1,3,5-10H,2,4H2,(H,24,31)/b3-1+. The highest BCUT2D eigenvalue weighted by molar-refractivity contribution is 5.90. The largest absolute Gasteiger partial charge is 0.444 e. The number of nitrogens with zero attached hydrogens (tertiary/aromatic N) is 6. The lowest BCUT2D eigenvalue weighted by molar-refractivity contribution is 0.0915. The third kappa shape index (κ3) is 3.91. The summed E-state index contributed by atoms with van der Waals surface area (Å²) in [7, 11) is 0. The molecule has 6 aromatic heterocycles. The minimum absolute atomic E-state index is 0.0549. The van der Waals surface area contributed by atoms with Crippen LogP contribution in [0.2, 0.25) is 0 Å². The number of nitrogens with one attached hydrogen (secondary N) is 1. The van der Waals surface area contributed by atoms with E-state index in [1.54, 1.807) is 6.08 Å². The van der Waals surface area contributed by atoms with Gasteiger partial charge in [-0.1, -0.05) is 6.08 Å². The van der Waals surface area contributed by atoms with Crippen molar-refractivity contribution in [3.05, 3.63) is 66.8 Å². The van der Waals surface area contributed by atoms with Crippen LogP contribution >= 0.6 is 0 Å². The van der Waals surface area contributed by atoms with E-state index in [4.69, 9.17) is 26.5 Å². The van der Waals surface area contributed by atoms with E-state index in [0.29, 0.717) is 40.8 Å². The van der Waals surface area contributed by atoms with Gasteiger partial charge in [0.1, 0.15) is 37.6 Å². The molecule has 0 aromatic carbocycles. The van der Waals surface area contributed by atoms with Crippen molar-refractivity contribution in [2.24, 2.45) is 0 Å². The van der Waals surface area contributed by atoms with Crippen LogP contribution in [0.15, 0.2) is 70.2 Å². The molecule has 7 rings (SSSR count). The molecule has 182 valence electrons. The Kier molecular flexibility index (Phi) is 4.67. The Morgan fingerprint density at radius 2 is 1.08 bits per heavy atom. The van der Waals surface area contributed by atoms with Crippen molar-refractivity contribution in [2.45, 2.75) is 13.0 Å². The normalized spacial score (nSPS) is 14.2. The third-order valence-corrected chi connectivity index (χ3v) is 5.23. The van der Waals surface area contributed by atoms with Crippen LogP contribution in [0.1, 0.15) is 28.0 Å². The van der Waals surface area contributed by atoms with Crippen molar-refractivity contribution < 1.29 is 31.3 Å². The first-order chi connectivity index (χ1) is 18.2. The second-order valence-electron chi connectivity index (χ2n) is 7.76. The van der Waals surface area contributed by atoms with Crippen LogP contribution in [-0.4, -0.2) is 35.8 Å². The average Bonchev–Trinajstić information content (AvgIpc) is 3.74. The lowest BCUT2D eigenvalue weighted by Crippen LogP contribution is -2.23. The van der Waals surface area contributed by atoms with Crippen molar-refractivity contribution >= 4 is 12.0 Å². The Labute approximate surface area is 205 Å². The Balaban J connectivity index is 1.23. The van der Waals surface area contributed by atoms with Crippen LogP contribution in [0.4, 0.5) is 0 Å². The zero-order chi connectivity index (χ0) is 24.8. The maximum absolute atomic E-state index is 12.5. The minimum atomic E-state index is -0.562. The van der Waals surface area contributed by atoms with Gasteiger partial charge in [0.15, 0.2) is 22.8 Å². The lowest BCUT2D eigenvalue weighted by atomic mass is 10.3. The highest BCUT2D eigenvalue weighted by atomic mass is 16.4. The Morgan fingerprint density at radius 3 is 1.81 bits per heavy atom. The fraction of sp³-hybridized carbons (Fsp3) is 0.0870. The summed E-state index contributed by atoms with van der Waals surface area (Å²) in [5.74, 6) is 0.463. The van der Waals surface area contributed by atoms with E-state index >= 15 is 0 Å². The van der Waals surface area contributed by atoms with Crippen LogP contribution in [0.25, 0.3) is 52.4 Å². The summed E-state index contributed by atoms with van der Waals surface area (Å²) in [6.07, 6.45) is 12.3. The van der Waals surface area contributed by atoms with Crippen molar-refractivity contribution in [3.8, 4) is 46.3 Å². The average molecular weight is 499 g/mol. The summed E-state index contributed by atoms with van der Waals surface area (Å²) in [4.78, 5) is 38.5. The van der Waals surface area contributed by atoms with Crippen LogP contribution in [0, 0.1) is 0 Å². The second kappa shape index (κ2) is 8.30. The van der Waals surface area contributed by atoms with Crippen LogP contribution in [0.5, 0.6) is 0 Å². The van der Waals surface area contributed by atoms with Crippen molar-refractivity contribution in [3.63, 3.8) is 0 Å². The molecule has 14 nitrogen and oxygen atoms in total. The fourth-order valence-corrected chi connectivity index (χ4v) is 3.47. The Hall–Kier alpha value is -5.53. The number of carbonyl (C=O) groups is 1. The molecule has 0 atom stereocenters. The number of oxazole rings is 6. The lowest BCUT2D eigenvalue weighted by Gasteiger charge is -1.97. The summed E-state index contributed by atoms with van der Waals surface area (Å²) in [5.41, 5.74) is 2.45. The first-order valence-corrected chi connectivity index (χ1v) is 10.8. The van der Waals surface area contributed by atoms with Crippen molar-refractivity contribution in [1.82, 2.24) is 35.2 Å². The van der Waals surface area contributed by atoms with Gasteiger partial charge in [0, 0.05) is 6.42 Å². The zero-order valence-corrected chi connectivity index (χ0v) is 18.6. The molecule has 1 aliphatic heterocycles. The van der Waals surface area contributed by atoms with Gasteiger partial charge in [-0.2, -0.15) is 4.98 Å². The summed E-state index contributed by atoms with van der Waals surface area (Å²) in [5, 5.41) is 2.66. The molecule has 0 saturated heterocycles. The number of fused-ring (bicyclic) bond motifs is 16. The number of rotatable bonds is 0.